The highest BCUT2D eigenvalue weighted by Gasteiger charge is 2.31. The SMILES string of the molecule is COc1cc(OC)cc(C(C(C)=O)c2ccn(C3CCN(C(=O)OC(C)(C)C)C3)c2)c1. The van der Waals surface area contributed by atoms with Crippen molar-refractivity contribution in [2.45, 2.75) is 51.7 Å². The summed E-state index contributed by atoms with van der Waals surface area (Å²) in [5, 5.41) is 0. The molecule has 1 aromatic carbocycles. The molecule has 3 rings (SSSR count). The highest BCUT2D eigenvalue weighted by Crippen LogP contribution is 2.33. The minimum Gasteiger partial charge on any atom is -0.497 e. The zero-order chi connectivity index (χ0) is 22.8. The smallest absolute Gasteiger partial charge is 0.410 e. The minimum atomic E-state index is -0.512. The Morgan fingerprint density at radius 1 is 1.06 bits per heavy atom. The number of ketones is 1. The Morgan fingerprint density at radius 2 is 1.71 bits per heavy atom. The first-order valence-corrected chi connectivity index (χ1v) is 10.5. The second-order valence-electron chi connectivity index (χ2n) is 8.95. The summed E-state index contributed by atoms with van der Waals surface area (Å²) in [6.45, 7) is 8.43. The lowest BCUT2D eigenvalue weighted by Gasteiger charge is -2.24. The van der Waals surface area contributed by atoms with Gasteiger partial charge in [-0.2, -0.15) is 0 Å². The number of carbonyl (C=O) groups is 2. The Balaban J connectivity index is 1.80. The quantitative estimate of drug-likeness (QED) is 0.682. The second kappa shape index (κ2) is 9.04. The molecule has 7 nitrogen and oxygen atoms in total. The number of hydrogen-bond acceptors (Lipinski definition) is 5. The van der Waals surface area contributed by atoms with Gasteiger partial charge in [0.1, 0.15) is 22.9 Å². The molecule has 0 saturated carbocycles. The van der Waals surface area contributed by atoms with Crippen LogP contribution in [0.2, 0.25) is 0 Å². The van der Waals surface area contributed by atoms with Crippen molar-refractivity contribution in [2.75, 3.05) is 27.3 Å². The summed E-state index contributed by atoms with van der Waals surface area (Å²) in [5.74, 6) is 0.899. The van der Waals surface area contributed by atoms with Crippen LogP contribution in [0.25, 0.3) is 0 Å². The van der Waals surface area contributed by atoms with Crippen LogP contribution in [0.15, 0.2) is 36.7 Å². The third-order valence-electron chi connectivity index (χ3n) is 5.42. The number of rotatable bonds is 6. The van der Waals surface area contributed by atoms with Crippen molar-refractivity contribution in [1.82, 2.24) is 9.47 Å². The van der Waals surface area contributed by atoms with Crippen molar-refractivity contribution < 1.29 is 23.8 Å². The second-order valence-corrected chi connectivity index (χ2v) is 8.95. The van der Waals surface area contributed by atoms with Crippen molar-refractivity contribution in [1.29, 1.82) is 0 Å². The van der Waals surface area contributed by atoms with E-state index >= 15 is 0 Å². The number of hydrogen-bond donors (Lipinski definition) is 0. The Labute approximate surface area is 183 Å². The van der Waals surface area contributed by atoms with Crippen LogP contribution in [-0.4, -0.2) is 54.3 Å². The van der Waals surface area contributed by atoms with Crippen LogP contribution in [0.5, 0.6) is 11.5 Å². The van der Waals surface area contributed by atoms with Gasteiger partial charge in [0.15, 0.2) is 0 Å². The van der Waals surface area contributed by atoms with E-state index < -0.39 is 11.5 Å². The standard InChI is InChI=1S/C24H32N2O5/c1-16(27)22(18-11-20(29-5)13-21(12-18)30-6)17-7-9-25(14-17)19-8-10-26(15-19)23(28)31-24(2,3)4/h7,9,11-14,19,22H,8,10,15H2,1-6H3. The number of benzene rings is 1. The van der Waals surface area contributed by atoms with Crippen molar-refractivity contribution in [2.24, 2.45) is 0 Å². The Morgan fingerprint density at radius 3 is 2.26 bits per heavy atom. The lowest BCUT2D eigenvalue weighted by atomic mass is 9.89. The topological polar surface area (TPSA) is 70.0 Å². The van der Waals surface area contributed by atoms with Gasteiger partial charge in [0.05, 0.1) is 26.2 Å². The average molecular weight is 429 g/mol. The highest BCUT2D eigenvalue weighted by atomic mass is 16.6. The third kappa shape index (κ3) is 5.40. The molecule has 2 heterocycles. The van der Waals surface area contributed by atoms with E-state index in [4.69, 9.17) is 14.2 Å². The first kappa shape index (κ1) is 22.7. The summed E-state index contributed by atoms with van der Waals surface area (Å²) in [6.07, 6.45) is 4.53. The monoisotopic (exact) mass is 428 g/mol. The first-order valence-electron chi connectivity index (χ1n) is 10.5. The number of likely N-dealkylation sites (tertiary alicyclic amines) is 1. The fraction of sp³-hybridized carbons (Fsp3) is 0.500. The third-order valence-corrected chi connectivity index (χ3v) is 5.42. The molecule has 31 heavy (non-hydrogen) atoms. The van der Waals surface area contributed by atoms with Crippen LogP contribution in [0.1, 0.15) is 57.2 Å². The molecule has 1 amide bonds. The summed E-state index contributed by atoms with van der Waals surface area (Å²) < 4.78 is 18.3. The van der Waals surface area contributed by atoms with E-state index in [1.165, 1.54) is 0 Å². The van der Waals surface area contributed by atoms with Gasteiger partial charge in [-0.15, -0.1) is 0 Å². The van der Waals surface area contributed by atoms with Gasteiger partial charge in [-0.05, 0) is 63.4 Å². The maximum absolute atomic E-state index is 12.6. The van der Waals surface area contributed by atoms with Crippen LogP contribution < -0.4 is 9.47 Å². The van der Waals surface area contributed by atoms with Gasteiger partial charge in [0.2, 0.25) is 0 Å². The van der Waals surface area contributed by atoms with Crippen molar-refractivity contribution in [3.63, 3.8) is 0 Å². The molecule has 2 aromatic rings. The van der Waals surface area contributed by atoms with Gasteiger partial charge in [0, 0.05) is 31.5 Å². The molecule has 0 spiro atoms. The number of nitrogens with zero attached hydrogens (tertiary/aromatic N) is 2. The number of aromatic nitrogens is 1. The summed E-state index contributed by atoms with van der Waals surface area (Å²) in [6, 6.07) is 7.63. The summed E-state index contributed by atoms with van der Waals surface area (Å²) in [7, 11) is 3.18. The Bertz CT molecular complexity index is 921. The van der Waals surface area contributed by atoms with Crippen LogP contribution in [0.3, 0.4) is 0 Å². The predicted octanol–water partition coefficient (Wildman–Crippen LogP) is 4.41. The molecule has 168 valence electrons. The van der Waals surface area contributed by atoms with Gasteiger partial charge in [-0.3, -0.25) is 4.79 Å². The van der Waals surface area contributed by atoms with E-state index in [-0.39, 0.29) is 17.9 Å². The van der Waals surface area contributed by atoms with Crippen molar-refractivity contribution >= 4 is 11.9 Å². The molecule has 1 fully saturated rings. The lowest BCUT2D eigenvalue weighted by molar-refractivity contribution is -0.117. The molecule has 1 aliphatic heterocycles. The molecule has 1 aromatic heterocycles. The van der Waals surface area contributed by atoms with Crippen LogP contribution in [0.4, 0.5) is 4.79 Å². The lowest BCUT2D eigenvalue weighted by Crippen LogP contribution is -2.35. The number of ether oxygens (including phenoxy) is 3. The molecular formula is C24H32N2O5. The summed E-state index contributed by atoms with van der Waals surface area (Å²) >= 11 is 0. The Kier molecular flexibility index (Phi) is 6.62. The number of carbonyl (C=O) groups excluding carboxylic acids is 2. The largest absolute Gasteiger partial charge is 0.497 e. The average Bonchev–Trinajstić information content (AvgIpc) is 3.36. The van der Waals surface area contributed by atoms with Gasteiger partial charge < -0.3 is 23.7 Å². The molecule has 0 aliphatic carbocycles. The fourth-order valence-corrected chi connectivity index (χ4v) is 3.96. The molecule has 2 atom stereocenters. The maximum atomic E-state index is 12.6. The van der Waals surface area contributed by atoms with E-state index in [2.05, 4.69) is 4.57 Å². The van der Waals surface area contributed by atoms with Crippen LogP contribution in [0, 0.1) is 0 Å². The molecule has 0 N–H and O–H groups in total. The van der Waals surface area contributed by atoms with Gasteiger partial charge in [-0.25, -0.2) is 4.79 Å². The highest BCUT2D eigenvalue weighted by molar-refractivity contribution is 5.87. The normalized spacial score (nSPS) is 17.4. The van der Waals surface area contributed by atoms with Crippen molar-refractivity contribution in [3.05, 3.63) is 47.8 Å². The van der Waals surface area contributed by atoms with Crippen molar-refractivity contribution in [3.8, 4) is 11.5 Å². The number of methoxy groups -OCH3 is 2. The summed E-state index contributed by atoms with van der Waals surface area (Å²) in [4.78, 5) is 26.7. The van der Waals surface area contributed by atoms with E-state index in [1.54, 1.807) is 32.1 Å². The van der Waals surface area contributed by atoms with E-state index in [9.17, 15) is 9.59 Å². The van der Waals surface area contributed by atoms with Crippen LogP contribution >= 0.6 is 0 Å². The zero-order valence-electron chi connectivity index (χ0n) is 19.2. The fourth-order valence-electron chi connectivity index (χ4n) is 3.96. The molecule has 0 bridgehead atoms. The molecule has 7 heteroatoms. The molecule has 1 saturated heterocycles. The molecular weight excluding hydrogens is 396 g/mol. The number of amides is 1. The van der Waals surface area contributed by atoms with Gasteiger partial charge >= 0.3 is 6.09 Å². The molecule has 1 aliphatic rings. The number of Topliss-reactive ketones (excluding diaryl/α,β-unsaturated/α-hetero) is 1. The van der Waals surface area contributed by atoms with E-state index in [1.807, 2.05) is 51.4 Å². The summed E-state index contributed by atoms with van der Waals surface area (Å²) in [5.41, 5.74) is 1.21. The van der Waals surface area contributed by atoms with E-state index in [0.29, 0.717) is 24.6 Å². The predicted molar refractivity (Wildman–Crippen MR) is 118 cm³/mol. The zero-order valence-corrected chi connectivity index (χ0v) is 19.2. The van der Waals surface area contributed by atoms with Gasteiger partial charge in [0.25, 0.3) is 0 Å². The minimum absolute atomic E-state index is 0.0369. The Hall–Kier alpha value is -2.96. The molecule has 2 unspecified atom stereocenters. The first-order chi connectivity index (χ1) is 14.6. The maximum Gasteiger partial charge on any atom is 0.410 e. The van der Waals surface area contributed by atoms with Gasteiger partial charge in [-0.1, -0.05) is 0 Å². The molecule has 0 radical (unpaired) electrons. The van der Waals surface area contributed by atoms with Crippen LogP contribution in [-0.2, 0) is 9.53 Å². The van der Waals surface area contributed by atoms with E-state index in [0.717, 1.165) is 17.5 Å².